The van der Waals surface area contributed by atoms with Crippen LogP contribution >= 0.6 is 0 Å². The zero-order valence-electron chi connectivity index (χ0n) is 13.6. The minimum absolute atomic E-state index is 0.127. The van der Waals surface area contributed by atoms with Crippen molar-refractivity contribution >= 4 is 5.91 Å². The van der Waals surface area contributed by atoms with Crippen LogP contribution in [0.25, 0.3) is 0 Å². The summed E-state index contributed by atoms with van der Waals surface area (Å²) in [4.78, 5) is 14.3. The third kappa shape index (κ3) is 3.73. The van der Waals surface area contributed by atoms with Crippen LogP contribution in [0.1, 0.15) is 35.8 Å². The average molecular weight is 314 g/mol. The van der Waals surface area contributed by atoms with Crippen molar-refractivity contribution in [3.8, 4) is 5.75 Å². The SMILES string of the molecule is COc1cccc(C2CCN(C(=O)Cc3cc(C)on3)CC2)c1. The lowest BCUT2D eigenvalue weighted by Crippen LogP contribution is -2.38. The van der Waals surface area contributed by atoms with Gasteiger partial charge < -0.3 is 14.2 Å². The number of amides is 1. The predicted octanol–water partition coefficient (Wildman–Crippen LogP) is 2.94. The Morgan fingerprint density at radius 2 is 2.13 bits per heavy atom. The molecule has 1 aromatic carbocycles. The molecule has 5 nitrogen and oxygen atoms in total. The van der Waals surface area contributed by atoms with Crippen LogP contribution in [0.4, 0.5) is 0 Å². The molecule has 23 heavy (non-hydrogen) atoms. The highest BCUT2D eigenvalue weighted by molar-refractivity contribution is 5.78. The zero-order valence-corrected chi connectivity index (χ0v) is 13.6. The van der Waals surface area contributed by atoms with E-state index >= 15 is 0 Å². The lowest BCUT2D eigenvalue weighted by Gasteiger charge is -2.32. The van der Waals surface area contributed by atoms with Gasteiger partial charge in [0.25, 0.3) is 0 Å². The van der Waals surface area contributed by atoms with Crippen molar-refractivity contribution in [2.45, 2.75) is 32.1 Å². The van der Waals surface area contributed by atoms with E-state index in [9.17, 15) is 4.79 Å². The number of hydrogen-bond acceptors (Lipinski definition) is 4. The molecule has 5 heteroatoms. The van der Waals surface area contributed by atoms with E-state index in [0.29, 0.717) is 18.0 Å². The number of likely N-dealkylation sites (tertiary alicyclic amines) is 1. The molecule has 3 rings (SSSR count). The van der Waals surface area contributed by atoms with Gasteiger partial charge in [0.05, 0.1) is 19.2 Å². The summed E-state index contributed by atoms with van der Waals surface area (Å²) in [6.45, 7) is 3.41. The molecule has 0 spiro atoms. The van der Waals surface area contributed by atoms with Gasteiger partial charge in [-0.3, -0.25) is 4.79 Å². The topological polar surface area (TPSA) is 55.6 Å². The van der Waals surface area contributed by atoms with Crippen molar-refractivity contribution in [3.63, 3.8) is 0 Å². The molecule has 1 aliphatic rings. The molecule has 1 amide bonds. The van der Waals surface area contributed by atoms with Gasteiger partial charge in [0.15, 0.2) is 0 Å². The molecule has 1 aromatic heterocycles. The Morgan fingerprint density at radius 3 is 2.78 bits per heavy atom. The van der Waals surface area contributed by atoms with E-state index in [4.69, 9.17) is 9.26 Å². The molecular weight excluding hydrogens is 292 g/mol. The highest BCUT2D eigenvalue weighted by Crippen LogP contribution is 2.30. The number of rotatable bonds is 4. The second-order valence-corrected chi connectivity index (χ2v) is 6.04. The lowest BCUT2D eigenvalue weighted by atomic mass is 9.89. The van der Waals surface area contributed by atoms with Crippen molar-refractivity contribution in [3.05, 3.63) is 47.3 Å². The van der Waals surface area contributed by atoms with Gasteiger partial charge in [0.1, 0.15) is 11.5 Å². The van der Waals surface area contributed by atoms with Crippen molar-refractivity contribution in [2.75, 3.05) is 20.2 Å². The first-order chi connectivity index (χ1) is 11.2. The molecule has 0 bridgehead atoms. The molecule has 0 saturated carbocycles. The molecule has 1 aliphatic heterocycles. The van der Waals surface area contributed by atoms with Crippen LogP contribution in [0.5, 0.6) is 5.75 Å². The van der Waals surface area contributed by atoms with Gasteiger partial charge in [0, 0.05) is 19.2 Å². The Hall–Kier alpha value is -2.30. The number of aryl methyl sites for hydroxylation is 1. The third-order valence-electron chi connectivity index (χ3n) is 4.42. The second kappa shape index (κ2) is 6.86. The summed E-state index contributed by atoms with van der Waals surface area (Å²) < 4.78 is 10.3. The molecular formula is C18H22N2O3. The quantitative estimate of drug-likeness (QED) is 0.870. The fourth-order valence-corrected chi connectivity index (χ4v) is 3.13. The van der Waals surface area contributed by atoms with Crippen LogP contribution < -0.4 is 4.74 Å². The summed E-state index contributed by atoms with van der Waals surface area (Å²) in [6, 6.07) is 10.0. The van der Waals surface area contributed by atoms with E-state index < -0.39 is 0 Å². The van der Waals surface area contributed by atoms with E-state index in [1.807, 2.05) is 30.0 Å². The maximum atomic E-state index is 12.3. The molecule has 2 aromatic rings. The number of ether oxygens (including phenoxy) is 1. The number of benzene rings is 1. The molecule has 0 radical (unpaired) electrons. The fraction of sp³-hybridized carbons (Fsp3) is 0.444. The Labute approximate surface area is 136 Å². The normalized spacial score (nSPS) is 15.7. The maximum Gasteiger partial charge on any atom is 0.228 e. The number of carbonyl (C=O) groups is 1. The van der Waals surface area contributed by atoms with Crippen molar-refractivity contribution < 1.29 is 14.1 Å². The standard InChI is InChI=1S/C18H22N2O3/c1-13-10-16(19-23-13)12-18(21)20-8-6-14(7-9-20)15-4-3-5-17(11-15)22-2/h3-5,10-11,14H,6-9,12H2,1-2H3. The molecule has 1 fully saturated rings. The minimum Gasteiger partial charge on any atom is -0.497 e. The third-order valence-corrected chi connectivity index (χ3v) is 4.42. The Morgan fingerprint density at radius 1 is 1.35 bits per heavy atom. The van der Waals surface area contributed by atoms with E-state index in [-0.39, 0.29) is 5.91 Å². The average Bonchev–Trinajstić information content (AvgIpc) is 3.00. The monoisotopic (exact) mass is 314 g/mol. The van der Waals surface area contributed by atoms with Crippen LogP contribution in [0.15, 0.2) is 34.9 Å². The predicted molar refractivity (Wildman–Crippen MR) is 86.5 cm³/mol. The van der Waals surface area contributed by atoms with E-state index in [1.165, 1.54) is 5.56 Å². The summed E-state index contributed by atoms with van der Waals surface area (Å²) in [7, 11) is 1.69. The molecule has 0 unspecified atom stereocenters. The van der Waals surface area contributed by atoms with Crippen molar-refractivity contribution in [2.24, 2.45) is 0 Å². The number of piperidine rings is 1. The summed E-state index contributed by atoms with van der Waals surface area (Å²) in [5, 5.41) is 3.90. The van der Waals surface area contributed by atoms with Gasteiger partial charge in [0.2, 0.25) is 5.91 Å². The number of hydrogen-bond donors (Lipinski definition) is 0. The van der Waals surface area contributed by atoms with E-state index in [0.717, 1.165) is 37.4 Å². The van der Waals surface area contributed by atoms with Crippen LogP contribution in [0.2, 0.25) is 0 Å². The summed E-state index contributed by atoms with van der Waals surface area (Å²) in [6.07, 6.45) is 2.29. The minimum atomic E-state index is 0.127. The summed E-state index contributed by atoms with van der Waals surface area (Å²) >= 11 is 0. The smallest absolute Gasteiger partial charge is 0.228 e. The Balaban J connectivity index is 1.56. The number of methoxy groups -OCH3 is 1. The first-order valence-corrected chi connectivity index (χ1v) is 7.99. The number of nitrogens with zero attached hydrogens (tertiary/aromatic N) is 2. The van der Waals surface area contributed by atoms with Crippen LogP contribution in [-0.2, 0) is 11.2 Å². The van der Waals surface area contributed by atoms with Crippen molar-refractivity contribution in [1.29, 1.82) is 0 Å². The van der Waals surface area contributed by atoms with Gasteiger partial charge in [-0.1, -0.05) is 17.3 Å². The lowest BCUT2D eigenvalue weighted by molar-refractivity contribution is -0.131. The van der Waals surface area contributed by atoms with Gasteiger partial charge >= 0.3 is 0 Å². The van der Waals surface area contributed by atoms with Crippen molar-refractivity contribution in [1.82, 2.24) is 10.1 Å². The van der Waals surface area contributed by atoms with Crippen LogP contribution in [-0.4, -0.2) is 36.2 Å². The van der Waals surface area contributed by atoms with E-state index in [2.05, 4.69) is 17.3 Å². The maximum absolute atomic E-state index is 12.3. The summed E-state index contributed by atoms with van der Waals surface area (Å²) in [5.41, 5.74) is 2.01. The molecule has 0 aliphatic carbocycles. The molecule has 1 saturated heterocycles. The van der Waals surface area contributed by atoms with E-state index in [1.54, 1.807) is 7.11 Å². The van der Waals surface area contributed by atoms with Crippen LogP contribution in [0, 0.1) is 6.92 Å². The Bertz CT molecular complexity index is 672. The highest BCUT2D eigenvalue weighted by atomic mass is 16.5. The fourth-order valence-electron chi connectivity index (χ4n) is 3.13. The highest BCUT2D eigenvalue weighted by Gasteiger charge is 2.24. The molecule has 0 atom stereocenters. The second-order valence-electron chi connectivity index (χ2n) is 6.04. The first kappa shape index (κ1) is 15.6. The molecule has 2 heterocycles. The summed E-state index contributed by atoms with van der Waals surface area (Å²) in [5.74, 6) is 2.25. The number of aromatic nitrogens is 1. The molecule has 122 valence electrons. The van der Waals surface area contributed by atoms with Crippen LogP contribution in [0.3, 0.4) is 0 Å². The van der Waals surface area contributed by atoms with Gasteiger partial charge in [-0.15, -0.1) is 0 Å². The van der Waals surface area contributed by atoms with Gasteiger partial charge in [-0.05, 0) is 43.4 Å². The van der Waals surface area contributed by atoms with Gasteiger partial charge in [-0.25, -0.2) is 0 Å². The van der Waals surface area contributed by atoms with Gasteiger partial charge in [-0.2, -0.15) is 0 Å². The zero-order chi connectivity index (χ0) is 16.2. The first-order valence-electron chi connectivity index (χ1n) is 7.99. The largest absolute Gasteiger partial charge is 0.497 e. The number of carbonyl (C=O) groups excluding carboxylic acids is 1. The Kier molecular flexibility index (Phi) is 4.65. The molecule has 0 N–H and O–H groups in total.